The van der Waals surface area contributed by atoms with Gasteiger partial charge in [-0.3, -0.25) is 4.79 Å². The number of aromatic nitrogens is 1. The number of aryl methyl sites for hydroxylation is 1. The lowest BCUT2D eigenvalue weighted by Crippen LogP contribution is -2.32. The SMILES string of the molecule is Cc1cc(C(=O)N(CCC#N)CCC#N)cc(Cl)n1. The summed E-state index contributed by atoms with van der Waals surface area (Å²) < 4.78 is 0. The van der Waals surface area contributed by atoms with Crippen LogP contribution in [0.25, 0.3) is 0 Å². The van der Waals surface area contributed by atoms with Gasteiger partial charge in [-0.25, -0.2) is 4.98 Å². The molecule has 0 fully saturated rings. The van der Waals surface area contributed by atoms with Crippen LogP contribution in [0.4, 0.5) is 0 Å². The molecule has 0 radical (unpaired) electrons. The Kier molecular flexibility index (Phi) is 5.78. The maximum absolute atomic E-state index is 12.3. The Morgan fingerprint density at radius 2 is 1.89 bits per heavy atom. The maximum Gasteiger partial charge on any atom is 0.254 e. The molecule has 0 spiro atoms. The van der Waals surface area contributed by atoms with Gasteiger partial charge >= 0.3 is 0 Å². The number of rotatable bonds is 5. The van der Waals surface area contributed by atoms with Gasteiger partial charge in [0.1, 0.15) is 5.15 Å². The predicted octanol–water partition coefficient (Wildman–Crippen LogP) is 2.31. The van der Waals surface area contributed by atoms with Gasteiger partial charge in [0.25, 0.3) is 5.91 Å². The number of carbonyl (C=O) groups is 1. The molecule has 1 rings (SSSR count). The summed E-state index contributed by atoms with van der Waals surface area (Å²) in [5, 5.41) is 17.4. The first-order chi connectivity index (χ1) is 9.08. The summed E-state index contributed by atoms with van der Waals surface area (Å²) in [4.78, 5) is 17.8. The highest BCUT2D eigenvalue weighted by molar-refractivity contribution is 6.29. The summed E-state index contributed by atoms with van der Waals surface area (Å²) in [5.74, 6) is -0.238. The minimum Gasteiger partial charge on any atom is -0.337 e. The van der Waals surface area contributed by atoms with Crippen molar-refractivity contribution in [3.8, 4) is 12.1 Å². The fourth-order valence-electron chi connectivity index (χ4n) is 1.62. The fourth-order valence-corrected chi connectivity index (χ4v) is 1.87. The molecule has 0 aromatic carbocycles. The van der Waals surface area contributed by atoms with E-state index in [0.29, 0.717) is 24.3 Å². The molecule has 0 N–H and O–H groups in total. The van der Waals surface area contributed by atoms with Crippen LogP contribution < -0.4 is 0 Å². The second-order valence-corrected chi connectivity index (χ2v) is 4.32. The molecule has 98 valence electrons. The number of halogens is 1. The first kappa shape index (κ1) is 14.9. The van der Waals surface area contributed by atoms with Gasteiger partial charge in [-0.1, -0.05) is 11.6 Å². The van der Waals surface area contributed by atoms with E-state index in [-0.39, 0.29) is 23.9 Å². The van der Waals surface area contributed by atoms with Crippen molar-refractivity contribution in [3.63, 3.8) is 0 Å². The molecule has 0 aliphatic rings. The van der Waals surface area contributed by atoms with E-state index in [1.807, 2.05) is 12.1 Å². The van der Waals surface area contributed by atoms with E-state index in [0.717, 1.165) is 0 Å². The summed E-state index contributed by atoms with van der Waals surface area (Å²) in [5.41, 5.74) is 1.07. The minimum atomic E-state index is -0.238. The normalized spacial score (nSPS) is 9.47. The Morgan fingerprint density at radius 3 is 2.37 bits per heavy atom. The van der Waals surface area contributed by atoms with Crippen molar-refractivity contribution in [2.24, 2.45) is 0 Å². The van der Waals surface area contributed by atoms with Gasteiger partial charge in [0.15, 0.2) is 0 Å². The second-order valence-electron chi connectivity index (χ2n) is 3.93. The monoisotopic (exact) mass is 276 g/mol. The molecule has 0 saturated carbocycles. The average Bonchev–Trinajstić information content (AvgIpc) is 2.37. The Morgan fingerprint density at radius 1 is 1.32 bits per heavy atom. The molecule has 1 heterocycles. The van der Waals surface area contributed by atoms with Crippen LogP contribution in [0.1, 0.15) is 28.9 Å². The van der Waals surface area contributed by atoms with E-state index in [1.165, 1.54) is 11.0 Å². The average molecular weight is 277 g/mol. The molecule has 5 nitrogen and oxygen atoms in total. The summed E-state index contributed by atoms with van der Waals surface area (Å²) in [6.45, 7) is 2.35. The van der Waals surface area contributed by atoms with Crippen molar-refractivity contribution in [1.29, 1.82) is 10.5 Å². The summed E-state index contributed by atoms with van der Waals surface area (Å²) in [6, 6.07) is 7.10. The molecule has 0 atom stereocenters. The Bertz CT molecular complexity index is 506. The zero-order valence-corrected chi connectivity index (χ0v) is 11.3. The Balaban J connectivity index is 2.91. The van der Waals surface area contributed by atoms with E-state index < -0.39 is 0 Å². The predicted molar refractivity (Wildman–Crippen MR) is 70.3 cm³/mol. The number of nitrogens with zero attached hydrogens (tertiary/aromatic N) is 4. The van der Waals surface area contributed by atoms with E-state index in [9.17, 15) is 4.79 Å². The van der Waals surface area contributed by atoms with E-state index in [4.69, 9.17) is 22.1 Å². The smallest absolute Gasteiger partial charge is 0.254 e. The molecule has 0 aliphatic carbocycles. The summed E-state index contributed by atoms with van der Waals surface area (Å²) in [7, 11) is 0. The minimum absolute atomic E-state index is 0.231. The Labute approximate surface area is 117 Å². The van der Waals surface area contributed by atoms with Crippen LogP contribution in [0.15, 0.2) is 12.1 Å². The first-order valence-electron chi connectivity index (χ1n) is 5.76. The lowest BCUT2D eigenvalue weighted by molar-refractivity contribution is 0.0762. The highest BCUT2D eigenvalue weighted by Crippen LogP contribution is 2.13. The zero-order chi connectivity index (χ0) is 14.3. The number of carbonyl (C=O) groups excluding carboxylic acids is 1. The lowest BCUT2D eigenvalue weighted by Gasteiger charge is -2.20. The van der Waals surface area contributed by atoms with E-state index in [1.54, 1.807) is 13.0 Å². The van der Waals surface area contributed by atoms with Crippen molar-refractivity contribution in [2.75, 3.05) is 13.1 Å². The Hall–Kier alpha value is -2.11. The molecule has 1 aromatic rings. The van der Waals surface area contributed by atoms with Gasteiger partial charge in [-0.2, -0.15) is 10.5 Å². The molecule has 0 aliphatic heterocycles. The molecule has 0 saturated heterocycles. The van der Waals surface area contributed by atoms with Crippen LogP contribution in [0, 0.1) is 29.6 Å². The largest absolute Gasteiger partial charge is 0.337 e. The van der Waals surface area contributed by atoms with Crippen molar-refractivity contribution < 1.29 is 4.79 Å². The fraction of sp³-hybridized carbons (Fsp3) is 0.385. The second kappa shape index (κ2) is 7.35. The number of pyridine rings is 1. The molecule has 1 amide bonds. The van der Waals surface area contributed by atoms with Crippen LogP contribution in [0.3, 0.4) is 0 Å². The van der Waals surface area contributed by atoms with Crippen molar-refractivity contribution in [1.82, 2.24) is 9.88 Å². The molecule has 19 heavy (non-hydrogen) atoms. The quantitative estimate of drug-likeness (QED) is 0.773. The lowest BCUT2D eigenvalue weighted by atomic mass is 10.2. The van der Waals surface area contributed by atoms with Gasteiger partial charge in [-0.05, 0) is 19.1 Å². The summed E-state index contributed by atoms with van der Waals surface area (Å²) in [6.07, 6.45) is 0.462. The van der Waals surface area contributed by atoms with Crippen molar-refractivity contribution >= 4 is 17.5 Å². The van der Waals surface area contributed by atoms with E-state index >= 15 is 0 Å². The van der Waals surface area contributed by atoms with Gasteiger partial charge < -0.3 is 4.90 Å². The summed E-state index contributed by atoms with van der Waals surface area (Å²) >= 11 is 5.82. The number of amides is 1. The van der Waals surface area contributed by atoms with Crippen LogP contribution >= 0.6 is 11.6 Å². The molecular formula is C13H13ClN4O. The van der Waals surface area contributed by atoms with Crippen molar-refractivity contribution in [3.05, 3.63) is 28.5 Å². The van der Waals surface area contributed by atoms with Gasteiger partial charge in [0.05, 0.1) is 25.0 Å². The van der Waals surface area contributed by atoms with Crippen LogP contribution in [-0.4, -0.2) is 28.9 Å². The number of nitriles is 2. The van der Waals surface area contributed by atoms with Crippen LogP contribution in [0.5, 0.6) is 0 Å². The third-order valence-electron chi connectivity index (χ3n) is 2.44. The molecule has 0 unspecified atom stereocenters. The highest BCUT2D eigenvalue weighted by Gasteiger charge is 2.16. The third kappa shape index (κ3) is 4.57. The molecular weight excluding hydrogens is 264 g/mol. The van der Waals surface area contributed by atoms with Gasteiger partial charge in [-0.15, -0.1) is 0 Å². The standard InChI is InChI=1S/C13H13ClN4O/c1-10-8-11(9-12(14)17-10)13(19)18(6-2-4-15)7-3-5-16/h8-9H,2-3,6-7H2,1H3. The topological polar surface area (TPSA) is 80.8 Å². The molecule has 6 heteroatoms. The number of hydrogen-bond acceptors (Lipinski definition) is 4. The van der Waals surface area contributed by atoms with Gasteiger partial charge in [0, 0.05) is 24.3 Å². The first-order valence-corrected chi connectivity index (χ1v) is 6.13. The third-order valence-corrected chi connectivity index (χ3v) is 2.64. The molecule has 0 bridgehead atoms. The van der Waals surface area contributed by atoms with Crippen LogP contribution in [-0.2, 0) is 0 Å². The van der Waals surface area contributed by atoms with E-state index in [2.05, 4.69) is 4.98 Å². The van der Waals surface area contributed by atoms with Crippen LogP contribution in [0.2, 0.25) is 5.15 Å². The van der Waals surface area contributed by atoms with Gasteiger partial charge in [0.2, 0.25) is 0 Å². The maximum atomic E-state index is 12.3. The molecule has 1 aromatic heterocycles. The van der Waals surface area contributed by atoms with Crippen molar-refractivity contribution in [2.45, 2.75) is 19.8 Å². The zero-order valence-electron chi connectivity index (χ0n) is 10.6. The highest BCUT2D eigenvalue weighted by atomic mass is 35.5. The number of hydrogen-bond donors (Lipinski definition) is 0.